The van der Waals surface area contributed by atoms with Gasteiger partial charge in [0.2, 0.25) is 0 Å². The third-order valence-corrected chi connectivity index (χ3v) is 6.59. The summed E-state index contributed by atoms with van der Waals surface area (Å²) in [5, 5.41) is 14.7. The smallest absolute Gasteiger partial charge is 0.293 e. The van der Waals surface area contributed by atoms with E-state index in [-0.39, 0.29) is 17.1 Å². The molecule has 0 aliphatic carbocycles. The molecule has 7 nitrogen and oxygen atoms in total. The van der Waals surface area contributed by atoms with E-state index in [1.165, 1.54) is 39.4 Å². The summed E-state index contributed by atoms with van der Waals surface area (Å²) in [4.78, 5) is 28.2. The van der Waals surface area contributed by atoms with Crippen LogP contribution in [0.3, 0.4) is 0 Å². The van der Waals surface area contributed by atoms with Crippen LogP contribution in [0.2, 0.25) is 0 Å². The van der Waals surface area contributed by atoms with Crippen LogP contribution in [-0.2, 0) is 6.42 Å². The SMILES string of the molecule is Cc1c(C)c(C)c(Cc2ccc(C(=O)Nc3c([N+](=O)[O-])ccc4ncccc34)o2)c(C)c1C. The molecule has 0 atom stereocenters. The largest absolute Gasteiger partial charge is 0.456 e. The van der Waals surface area contributed by atoms with E-state index in [2.05, 4.69) is 44.9 Å². The zero-order valence-corrected chi connectivity index (χ0v) is 19.3. The summed E-state index contributed by atoms with van der Waals surface area (Å²) >= 11 is 0. The van der Waals surface area contributed by atoms with Crippen molar-refractivity contribution in [1.29, 1.82) is 0 Å². The number of benzene rings is 2. The lowest BCUT2D eigenvalue weighted by Gasteiger charge is -2.18. The summed E-state index contributed by atoms with van der Waals surface area (Å²) in [7, 11) is 0. The first-order valence-electron chi connectivity index (χ1n) is 10.7. The van der Waals surface area contributed by atoms with E-state index in [0.717, 1.165) is 0 Å². The minimum Gasteiger partial charge on any atom is -0.456 e. The molecule has 33 heavy (non-hydrogen) atoms. The highest BCUT2D eigenvalue weighted by Crippen LogP contribution is 2.33. The zero-order valence-electron chi connectivity index (χ0n) is 19.3. The van der Waals surface area contributed by atoms with Crippen molar-refractivity contribution in [3.05, 3.63) is 97.6 Å². The Morgan fingerprint density at radius 1 is 0.970 bits per heavy atom. The molecular formula is C26H25N3O4. The number of carbonyl (C=O) groups is 1. The van der Waals surface area contributed by atoms with Crippen molar-refractivity contribution in [2.24, 2.45) is 0 Å². The number of fused-ring (bicyclic) bond motifs is 1. The highest BCUT2D eigenvalue weighted by atomic mass is 16.6. The number of hydrogen-bond acceptors (Lipinski definition) is 5. The molecule has 0 bridgehead atoms. The Morgan fingerprint density at radius 2 is 1.64 bits per heavy atom. The van der Waals surface area contributed by atoms with E-state index in [9.17, 15) is 14.9 Å². The highest BCUT2D eigenvalue weighted by Gasteiger charge is 2.22. The lowest BCUT2D eigenvalue weighted by atomic mass is 9.88. The number of rotatable bonds is 5. The number of anilines is 1. The van der Waals surface area contributed by atoms with Gasteiger partial charge in [0.1, 0.15) is 11.4 Å². The molecule has 0 unspecified atom stereocenters. The van der Waals surface area contributed by atoms with Gasteiger partial charge in [-0.15, -0.1) is 0 Å². The van der Waals surface area contributed by atoms with Crippen molar-refractivity contribution < 1.29 is 14.1 Å². The number of pyridine rings is 1. The van der Waals surface area contributed by atoms with Crippen molar-refractivity contribution in [3.63, 3.8) is 0 Å². The Bertz CT molecular complexity index is 1390. The van der Waals surface area contributed by atoms with Crippen LogP contribution in [0.5, 0.6) is 0 Å². The van der Waals surface area contributed by atoms with Gasteiger partial charge in [-0.2, -0.15) is 0 Å². The van der Waals surface area contributed by atoms with Crippen LogP contribution in [0.4, 0.5) is 11.4 Å². The quantitative estimate of drug-likeness (QED) is 0.296. The fraction of sp³-hybridized carbons (Fsp3) is 0.231. The Kier molecular flexibility index (Phi) is 5.72. The fourth-order valence-corrected chi connectivity index (χ4v) is 4.21. The van der Waals surface area contributed by atoms with E-state index in [4.69, 9.17) is 4.42 Å². The van der Waals surface area contributed by atoms with Crippen molar-refractivity contribution in [2.45, 2.75) is 41.0 Å². The Labute approximate surface area is 191 Å². The second-order valence-electron chi connectivity index (χ2n) is 8.29. The molecular weight excluding hydrogens is 418 g/mol. The van der Waals surface area contributed by atoms with Gasteiger partial charge in [0.05, 0.1) is 10.4 Å². The number of aromatic nitrogens is 1. The van der Waals surface area contributed by atoms with Gasteiger partial charge in [0.25, 0.3) is 11.6 Å². The average molecular weight is 444 g/mol. The molecule has 0 saturated carbocycles. The minimum atomic E-state index is -0.551. The lowest BCUT2D eigenvalue weighted by Crippen LogP contribution is -2.13. The molecule has 0 radical (unpaired) electrons. The van der Waals surface area contributed by atoms with Gasteiger partial charge in [0, 0.05) is 24.1 Å². The van der Waals surface area contributed by atoms with Gasteiger partial charge in [-0.1, -0.05) is 0 Å². The predicted octanol–water partition coefficient (Wildman–Crippen LogP) is 6.12. The molecule has 0 aliphatic rings. The number of nitro benzene ring substituents is 1. The third kappa shape index (κ3) is 3.98. The number of hydrogen-bond donors (Lipinski definition) is 1. The van der Waals surface area contributed by atoms with Gasteiger partial charge < -0.3 is 9.73 Å². The second kappa shape index (κ2) is 8.50. The number of carbonyl (C=O) groups excluding carboxylic acids is 1. The van der Waals surface area contributed by atoms with E-state index in [1.807, 2.05) is 0 Å². The first-order valence-corrected chi connectivity index (χ1v) is 10.7. The molecule has 4 aromatic rings. The number of nitrogens with zero attached hydrogens (tertiary/aromatic N) is 2. The summed E-state index contributed by atoms with van der Waals surface area (Å²) in [6, 6.07) is 9.63. The summed E-state index contributed by atoms with van der Waals surface area (Å²) < 4.78 is 5.86. The Hall–Kier alpha value is -4.00. The molecule has 2 aromatic heterocycles. The van der Waals surface area contributed by atoms with E-state index >= 15 is 0 Å². The molecule has 1 N–H and O–H groups in total. The minimum absolute atomic E-state index is 0.0936. The molecule has 168 valence electrons. The van der Waals surface area contributed by atoms with Crippen LogP contribution in [0, 0.1) is 44.7 Å². The maximum Gasteiger partial charge on any atom is 0.293 e. The average Bonchev–Trinajstić information content (AvgIpc) is 3.28. The van der Waals surface area contributed by atoms with Crippen LogP contribution in [-0.4, -0.2) is 15.8 Å². The molecule has 0 fully saturated rings. The van der Waals surface area contributed by atoms with Crippen LogP contribution >= 0.6 is 0 Å². The first-order chi connectivity index (χ1) is 15.7. The van der Waals surface area contributed by atoms with Crippen molar-refractivity contribution in [1.82, 2.24) is 4.98 Å². The van der Waals surface area contributed by atoms with Crippen LogP contribution in [0.25, 0.3) is 10.9 Å². The molecule has 2 aromatic carbocycles. The van der Waals surface area contributed by atoms with E-state index in [0.29, 0.717) is 23.1 Å². The monoisotopic (exact) mass is 443 g/mol. The molecule has 1 amide bonds. The first kappa shape index (κ1) is 22.2. The van der Waals surface area contributed by atoms with Crippen molar-refractivity contribution >= 4 is 28.2 Å². The number of amides is 1. The fourth-order valence-electron chi connectivity index (χ4n) is 4.21. The summed E-state index contributed by atoms with van der Waals surface area (Å²) in [5.74, 6) is 0.199. The van der Waals surface area contributed by atoms with Crippen molar-refractivity contribution in [2.75, 3.05) is 5.32 Å². The maximum atomic E-state index is 12.9. The van der Waals surface area contributed by atoms with E-state index < -0.39 is 10.8 Å². The second-order valence-corrected chi connectivity index (χ2v) is 8.29. The van der Waals surface area contributed by atoms with Gasteiger partial charge in [-0.05, 0) is 98.3 Å². The number of furan rings is 1. The zero-order chi connectivity index (χ0) is 23.9. The van der Waals surface area contributed by atoms with Crippen LogP contribution < -0.4 is 5.32 Å². The summed E-state index contributed by atoms with van der Waals surface area (Å²) in [5.41, 5.74) is 7.89. The van der Waals surface area contributed by atoms with Crippen molar-refractivity contribution in [3.8, 4) is 0 Å². The molecule has 0 aliphatic heterocycles. The molecule has 7 heteroatoms. The third-order valence-electron chi connectivity index (χ3n) is 6.59. The summed E-state index contributed by atoms with van der Waals surface area (Å²) in [6.45, 7) is 10.6. The Balaban J connectivity index is 1.65. The van der Waals surface area contributed by atoms with Gasteiger partial charge in [0.15, 0.2) is 5.76 Å². The molecule has 0 spiro atoms. The lowest BCUT2D eigenvalue weighted by molar-refractivity contribution is -0.383. The number of nitro groups is 1. The molecule has 4 rings (SSSR count). The number of nitrogens with one attached hydrogen (secondary N) is 1. The normalized spacial score (nSPS) is 11.1. The van der Waals surface area contributed by atoms with Gasteiger partial charge >= 0.3 is 0 Å². The highest BCUT2D eigenvalue weighted by molar-refractivity contribution is 6.09. The maximum absolute atomic E-state index is 12.9. The van der Waals surface area contributed by atoms with Crippen LogP contribution in [0.15, 0.2) is 47.0 Å². The molecule has 2 heterocycles. The standard InChI is InChI=1S/C26H25N3O4/c1-14-15(2)17(4)21(18(5)16(14)3)13-19-8-11-24(33-19)26(30)28-25-20-7-6-12-27-22(20)9-10-23(25)29(31)32/h6-12H,13H2,1-5H3,(H,28,30). The molecule has 0 saturated heterocycles. The van der Waals surface area contributed by atoms with E-state index in [1.54, 1.807) is 36.5 Å². The topological polar surface area (TPSA) is 98.3 Å². The Morgan fingerprint density at radius 3 is 2.30 bits per heavy atom. The summed E-state index contributed by atoms with van der Waals surface area (Å²) in [6.07, 6.45) is 2.16. The van der Waals surface area contributed by atoms with Gasteiger partial charge in [-0.3, -0.25) is 19.9 Å². The predicted molar refractivity (Wildman–Crippen MR) is 128 cm³/mol. The van der Waals surface area contributed by atoms with Gasteiger partial charge in [-0.25, -0.2) is 0 Å². The van der Waals surface area contributed by atoms with Crippen LogP contribution in [0.1, 0.15) is 49.7 Å².